The molecule has 0 unspecified atom stereocenters. The molecule has 0 atom stereocenters. The number of para-hydroxylation sites is 1. The third-order valence-electron chi connectivity index (χ3n) is 4.11. The fourth-order valence-corrected chi connectivity index (χ4v) is 3.02. The number of anilines is 1. The van der Waals surface area contributed by atoms with Crippen molar-refractivity contribution in [3.63, 3.8) is 0 Å². The number of aromatic nitrogens is 1. The molecule has 0 amide bonds. The molecule has 0 radical (unpaired) electrons. The first kappa shape index (κ1) is 13.9. The zero-order chi connectivity index (χ0) is 14.7. The number of nitrogens with zero attached hydrogens (tertiary/aromatic N) is 2. The predicted molar refractivity (Wildman–Crippen MR) is 84.0 cm³/mol. The summed E-state index contributed by atoms with van der Waals surface area (Å²) in [6.07, 6.45) is 6.15. The van der Waals surface area contributed by atoms with E-state index in [2.05, 4.69) is 9.88 Å². The smallest absolute Gasteiger partial charge is 0.354 e. The molecule has 4 heteroatoms. The van der Waals surface area contributed by atoms with Gasteiger partial charge in [0.25, 0.3) is 0 Å². The lowest BCUT2D eigenvalue weighted by molar-refractivity contribution is 0.0691. The van der Waals surface area contributed by atoms with Crippen molar-refractivity contribution in [1.29, 1.82) is 0 Å². The molecule has 0 bridgehead atoms. The summed E-state index contributed by atoms with van der Waals surface area (Å²) in [4.78, 5) is 17.9. The fourth-order valence-electron chi connectivity index (χ4n) is 3.02. The van der Waals surface area contributed by atoms with Crippen molar-refractivity contribution in [1.82, 2.24) is 4.98 Å². The molecule has 4 nitrogen and oxygen atoms in total. The molecule has 2 aromatic rings. The van der Waals surface area contributed by atoms with Gasteiger partial charge in [0.05, 0.1) is 5.52 Å². The number of fused-ring (bicyclic) bond motifs is 1. The maximum Gasteiger partial charge on any atom is 0.354 e. The number of carbonyl (C=O) groups is 1. The first-order valence-electron chi connectivity index (χ1n) is 7.64. The first-order valence-corrected chi connectivity index (χ1v) is 7.64. The fraction of sp³-hybridized carbons (Fsp3) is 0.412. The molecule has 2 heterocycles. The van der Waals surface area contributed by atoms with Crippen molar-refractivity contribution >= 4 is 22.6 Å². The molecule has 1 saturated heterocycles. The van der Waals surface area contributed by atoms with Crippen molar-refractivity contribution < 1.29 is 9.90 Å². The van der Waals surface area contributed by atoms with E-state index in [1.165, 1.54) is 32.1 Å². The number of pyridine rings is 1. The Morgan fingerprint density at radius 2 is 1.71 bits per heavy atom. The van der Waals surface area contributed by atoms with Crippen LogP contribution >= 0.6 is 0 Å². The van der Waals surface area contributed by atoms with Crippen molar-refractivity contribution in [2.75, 3.05) is 18.0 Å². The second-order valence-corrected chi connectivity index (χ2v) is 5.60. The Morgan fingerprint density at radius 1 is 1.05 bits per heavy atom. The molecule has 1 aliphatic rings. The van der Waals surface area contributed by atoms with Gasteiger partial charge in [-0.1, -0.05) is 37.5 Å². The molecule has 0 saturated carbocycles. The molecule has 21 heavy (non-hydrogen) atoms. The summed E-state index contributed by atoms with van der Waals surface area (Å²) in [5.74, 6) is -0.964. The number of carboxylic acid groups (broad SMARTS) is 1. The number of aromatic carboxylic acids is 1. The molecule has 1 N–H and O–H groups in total. The average Bonchev–Trinajstić information content (AvgIpc) is 2.46. The molecule has 110 valence electrons. The van der Waals surface area contributed by atoms with Crippen molar-refractivity contribution in [2.24, 2.45) is 0 Å². The van der Waals surface area contributed by atoms with Crippen molar-refractivity contribution in [3.8, 4) is 0 Å². The van der Waals surface area contributed by atoms with E-state index < -0.39 is 5.97 Å². The number of rotatable bonds is 2. The monoisotopic (exact) mass is 284 g/mol. The topological polar surface area (TPSA) is 53.4 Å². The van der Waals surface area contributed by atoms with Crippen LogP contribution in [0.4, 0.5) is 5.69 Å². The second kappa shape index (κ2) is 6.12. The molecule has 0 aliphatic carbocycles. The van der Waals surface area contributed by atoms with Gasteiger partial charge >= 0.3 is 5.97 Å². The summed E-state index contributed by atoms with van der Waals surface area (Å²) < 4.78 is 0. The van der Waals surface area contributed by atoms with Crippen LogP contribution in [0.15, 0.2) is 30.3 Å². The lowest BCUT2D eigenvalue weighted by atomic mass is 10.1. The van der Waals surface area contributed by atoms with E-state index in [0.717, 1.165) is 29.7 Å². The highest BCUT2D eigenvalue weighted by atomic mass is 16.4. The molecular weight excluding hydrogens is 264 g/mol. The summed E-state index contributed by atoms with van der Waals surface area (Å²) in [7, 11) is 0. The quantitative estimate of drug-likeness (QED) is 0.913. The van der Waals surface area contributed by atoms with E-state index in [0.29, 0.717) is 0 Å². The minimum absolute atomic E-state index is 0.130. The number of carboxylic acids is 1. The number of hydrogen-bond acceptors (Lipinski definition) is 3. The minimum Gasteiger partial charge on any atom is -0.477 e. The highest BCUT2D eigenvalue weighted by Crippen LogP contribution is 2.28. The Balaban J connectivity index is 2.07. The maximum atomic E-state index is 11.3. The Kier molecular flexibility index (Phi) is 4.04. The van der Waals surface area contributed by atoms with Crippen molar-refractivity contribution in [3.05, 3.63) is 36.0 Å². The van der Waals surface area contributed by atoms with Gasteiger partial charge in [-0.15, -0.1) is 0 Å². The van der Waals surface area contributed by atoms with Gasteiger partial charge in [0.2, 0.25) is 0 Å². The SMILES string of the molecule is O=C(O)c1cc(N2CCCCCCC2)c2ccccc2n1. The van der Waals surface area contributed by atoms with Gasteiger partial charge < -0.3 is 10.0 Å². The molecule has 0 spiro atoms. The first-order chi connectivity index (χ1) is 10.3. The molecular formula is C17H20N2O2. The number of benzene rings is 1. The maximum absolute atomic E-state index is 11.3. The van der Waals surface area contributed by atoms with Crippen molar-refractivity contribution in [2.45, 2.75) is 32.1 Å². The average molecular weight is 284 g/mol. The zero-order valence-electron chi connectivity index (χ0n) is 12.1. The van der Waals surface area contributed by atoms with E-state index in [-0.39, 0.29) is 5.69 Å². The van der Waals surface area contributed by atoms with E-state index in [4.69, 9.17) is 0 Å². The molecule has 1 aromatic heterocycles. The van der Waals surface area contributed by atoms with Gasteiger partial charge in [-0.05, 0) is 25.0 Å². The third-order valence-corrected chi connectivity index (χ3v) is 4.11. The van der Waals surface area contributed by atoms with Crippen LogP contribution in [-0.4, -0.2) is 29.1 Å². The van der Waals surface area contributed by atoms with E-state index in [1.54, 1.807) is 6.07 Å². The molecule has 1 fully saturated rings. The Hall–Kier alpha value is -2.10. The standard InChI is InChI=1S/C17H20N2O2/c20-17(21)15-12-16(13-8-4-5-9-14(13)18-15)19-10-6-2-1-3-7-11-19/h4-5,8-9,12H,1-3,6-7,10-11H2,(H,20,21). The molecule has 3 rings (SSSR count). The highest BCUT2D eigenvalue weighted by Gasteiger charge is 2.16. The zero-order valence-corrected chi connectivity index (χ0v) is 12.1. The van der Waals surface area contributed by atoms with Crippen LogP contribution in [0.3, 0.4) is 0 Å². The van der Waals surface area contributed by atoms with Gasteiger partial charge in [-0.25, -0.2) is 9.78 Å². The number of hydrogen-bond donors (Lipinski definition) is 1. The lowest BCUT2D eigenvalue weighted by Gasteiger charge is -2.28. The molecule has 1 aromatic carbocycles. The van der Waals surface area contributed by atoms with Gasteiger partial charge in [-0.2, -0.15) is 0 Å². The van der Waals surface area contributed by atoms with E-state index >= 15 is 0 Å². The summed E-state index contributed by atoms with van der Waals surface area (Å²) in [5, 5.41) is 10.3. The van der Waals surface area contributed by atoms with Crippen LogP contribution in [0.2, 0.25) is 0 Å². The normalized spacial score (nSPS) is 16.5. The van der Waals surface area contributed by atoms with Gasteiger partial charge in [0.15, 0.2) is 5.69 Å². The van der Waals surface area contributed by atoms with Gasteiger partial charge in [-0.3, -0.25) is 0 Å². The van der Waals surface area contributed by atoms with Crippen LogP contribution in [0.25, 0.3) is 10.9 Å². The van der Waals surface area contributed by atoms with Crippen LogP contribution < -0.4 is 4.90 Å². The van der Waals surface area contributed by atoms with Crippen LogP contribution in [-0.2, 0) is 0 Å². The van der Waals surface area contributed by atoms with Crippen LogP contribution in [0.5, 0.6) is 0 Å². The predicted octanol–water partition coefficient (Wildman–Crippen LogP) is 3.70. The summed E-state index contributed by atoms with van der Waals surface area (Å²) in [6.45, 7) is 1.99. The highest BCUT2D eigenvalue weighted by molar-refractivity contribution is 5.97. The van der Waals surface area contributed by atoms with Crippen LogP contribution in [0.1, 0.15) is 42.6 Å². The van der Waals surface area contributed by atoms with E-state index in [1.807, 2.05) is 24.3 Å². The van der Waals surface area contributed by atoms with Gasteiger partial charge in [0.1, 0.15) is 0 Å². The second-order valence-electron chi connectivity index (χ2n) is 5.60. The largest absolute Gasteiger partial charge is 0.477 e. The lowest BCUT2D eigenvalue weighted by Crippen LogP contribution is -2.27. The Morgan fingerprint density at radius 3 is 2.43 bits per heavy atom. The minimum atomic E-state index is -0.964. The summed E-state index contributed by atoms with van der Waals surface area (Å²) in [6, 6.07) is 9.53. The Bertz CT molecular complexity index is 646. The van der Waals surface area contributed by atoms with E-state index in [9.17, 15) is 9.90 Å². The van der Waals surface area contributed by atoms with Crippen LogP contribution in [0, 0.1) is 0 Å². The summed E-state index contributed by atoms with van der Waals surface area (Å²) >= 11 is 0. The summed E-state index contributed by atoms with van der Waals surface area (Å²) in [5.41, 5.74) is 1.90. The third kappa shape index (κ3) is 2.99. The Labute approximate surface area is 124 Å². The molecule has 1 aliphatic heterocycles. The van der Waals surface area contributed by atoms with Gasteiger partial charge in [0, 0.05) is 24.2 Å².